The predicted octanol–water partition coefficient (Wildman–Crippen LogP) is 3.20. The minimum absolute atomic E-state index is 0.129. The fourth-order valence-electron chi connectivity index (χ4n) is 3.07. The van der Waals surface area contributed by atoms with Crippen LogP contribution in [0.2, 0.25) is 0 Å². The maximum absolute atomic E-state index is 5.99. The van der Waals surface area contributed by atoms with E-state index in [0.29, 0.717) is 0 Å². The van der Waals surface area contributed by atoms with Gasteiger partial charge in [0.25, 0.3) is 0 Å². The van der Waals surface area contributed by atoms with E-state index in [4.69, 9.17) is 15.0 Å². The fourth-order valence-corrected chi connectivity index (χ4v) is 3.07. The Hall–Kier alpha value is -1.36. The standard InChI is InChI=1S/C16H22N2O2/c1-11-5-6-13-12(9-11)10-14(20-13)15(18-17)16(2)7-3-4-8-19-16/h5-6,9-10,15,18H,3-4,7-8,17H2,1-2H3. The number of nitrogens with two attached hydrogens (primary N) is 1. The predicted molar refractivity (Wildman–Crippen MR) is 79.2 cm³/mol. The second kappa shape index (κ2) is 5.20. The molecule has 4 heteroatoms. The molecule has 108 valence electrons. The van der Waals surface area contributed by atoms with Gasteiger partial charge in [0.15, 0.2) is 0 Å². The molecule has 2 aromatic rings. The summed E-state index contributed by atoms with van der Waals surface area (Å²) in [4.78, 5) is 0. The van der Waals surface area contributed by atoms with Gasteiger partial charge in [-0.15, -0.1) is 0 Å². The molecule has 0 saturated carbocycles. The Labute approximate surface area is 119 Å². The molecule has 1 saturated heterocycles. The molecular weight excluding hydrogens is 252 g/mol. The Morgan fingerprint density at radius 2 is 2.15 bits per heavy atom. The molecule has 1 aromatic carbocycles. The van der Waals surface area contributed by atoms with E-state index in [2.05, 4.69) is 37.5 Å². The molecule has 2 heterocycles. The van der Waals surface area contributed by atoms with Crippen molar-refractivity contribution in [3.05, 3.63) is 35.6 Å². The molecule has 3 rings (SSSR count). The van der Waals surface area contributed by atoms with Crippen LogP contribution >= 0.6 is 0 Å². The molecule has 1 fully saturated rings. The Kier molecular flexibility index (Phi) is 3.54. The number of nitrogens with one attached hydrogen (secondary N) is 1. The number of hydrogen-bond acceptors (Lipinski definition) is 4. The van der Waals surface area contributed by atoms with Crippen molar-refractivity contribution in [2.75, 3.05) is 6.61 Å². The van der Waals surface area contributed by atoms with E-state index in [1.54, 1.807) is 0 Å². The summed E-state index contributed by atoms with van der Waals surface area (Å²) in [5.74, 6) is 6.63. The highest BCUT2D eigenvalue weighted by Crippen LogP contribution is 2.38. The smallest absolute Gasteiger partial charge is 0.134 e. The lowest BCUT2D eigenvalue weighted by Gasteiger charge is -2.39. The first-order valence-corrected chi connectivity index (χ1v) is 7.22. The van der Waals surface area contributed by atoms with Gasteiger partial charge in [0.2, 0.25) is 0 Å². The van der Waals surface area contributed by atoms with Crippen LogP contribution in [0, 0.1) is 6.92 Å². The fraction of sp³-hybridized carbons (Fsp3) is 0.500. The summed E-state index contributed by atoms with van der Waals surface area (Å²) in [6.45, 7) is 4.97. The monoisotopic (exact) mass is 274 g/mol. The van der Waals surface area contributed by atoms with Crippen molar-refractivity contribution in [1.82, 2.24) is 5.43 Å². The molecule has 3 N–H and O–H groups in total. The molecule has 0 amide bonds. The molecule has 1 aliphatic heterocycles. The average Bonchev–Trinajstić information content (AvgIpc) is 2.82. The number of aryl methyl sites for hydroxylation is 1. The summed E-state index contributed by atoms with van der Waals surface area (Å²) in [5, 5.41) is 1.11. The van der Waals surface area contributed by atoms with Gasteiger partial charge in [0, 0.05) is 12.0 Å². The number of hydrogen-bond donors (Lipinski definition) is 2. The molecule has 0 spiro atoms. The number of fused-ring (bicyclic) bond motifs is 1. The van der Waals surface area contributed by atoms with Gasteiger partial charge in [-0.05, 0) is 51.3 Å². The maximum atomic E-state index is 5.99. The first-order valence-electron chi connectivity index (χ1n) is 7.22. The molecule has 1 aliphatic rings. The van der Waals surface area contributed by atoms with Crippen LogP contribution in [0.15, 0.2) is 28.7 Å². The molecule has 1 aromatic heterocycles. The average molecular weight is 274 g/mol. The number of benzene rings is 1. The number of rotatable bonds is 3. The Morgan fingerprint density at radius 3 is 2.85 bits per heavy atom. The van der Waals surface area contributed by atoms with Crippen molar-refractivity contribution < 1.29 is 9.15 Å². The van der Waals surface area contributed by atoms with E-state index in [0.717, 1.165) is 42.6 Å². The highest BCUT2D eigenvalue weighted by Gasteiger charge is 2.39. The van der Waals surface area contributed by atoms with Crippen molar-refractivity contribution >= 4 is 11.0 Å². The number of hydrazine groups is 1. The number of ether oxygens (including phenoxy) is 1. The Morgan fingerprint density at radius 1 is 1.30 bits per heavy atom. The summed E-state index contributed by atoms with van der Waals surface area (Å²) in [6, 6.07) is 8.12. The van der Waals surface area contributed by atoms with Gasteiger partial charge in [0.05, 0.1) is 5.60 Å². The second-order valence-electron chi connectivity index (χ2n) is 5.91. The van der Waals surface area contributed by atoms with Crippen LogP contribution in [-0.4, -0.2) is 12.2 Å². The highest BCUT2D eigenvalue weighted by atomic mass is 16.5. The first kappa shape index (κ1) is 13.6. The van der Waals surface area contributed by atoms with Crippen LogP contribution in [0.5, 0.6) is 0 Å². The SMILES string of the molecule is Cc1ccc2oc(C(NN)C3(C)CCCCO3)cc2c1. The molecule has 0 bridgehead atoms. The van der Waals surface area contributed by atoms with E-state index in [1.165, 1.54) is 5.56 Å². The Bertz CT molecular complexity index is 600. The quantitative estimate of drug-likeness (QED) is 0.666. The summed E-state index contributed by atoms with van der Waals surface area (Å²) in [7, 11) is 0. The van der Waals surface area contributed by atoms with Crippen LogP contribution in [0.3, 0.4) is 0 Å². The zero-order chi connectivity index (χ0) is 14.2. The van der Waals surface area contributed by atoms with E-state index in [9.17, 15) is 0 Å². The molecular formula is C16H22N2O2. The largest absolute Gasteiger partial charge is 0.459 e. The van der Waals surface area contributed by atoms with Gasteiger partial charge in [-0.2, -0.15) is 0 Å². The maximum Gasteiger partial charge on any atom is 0.134 e. The third kappa shape index (κ3) is 2.35. The van der Waals surface area contributed by atoms with Crippen molar-refractivity contribution in [1.29, 1.82) is 0 Å². The second-order valence-corrected chi connectivity index (χ2v) is 5.91. The topological polar surface area (TPSA) is 60.4 Å². The van der Waals surface area contributed by atoms with Gasteiger partial charge in [-0.3, -0.25) is 5.84 Å². The summed E-state index contributed by atoms with van der Waals surface area (Å²) in [5.41, 5.74) is 4.69. The van der Waals surface area contributed by atoms with Crippen molar-refractivity contribution in [3.63, 3.8) is 0 Å². The Balaban J connectivity index is 1.98. The van der Waals surface area contributed by atoms with E-state index >= 15 is 0 Å². The van der Waals surface area contributed by atoms with Crippen LogP contribution in [-0.2, 0) is 4.74 Å². The molecule has 0 aliphatic carbocycles. The summed E-state index contributed by atoms with van der Waals surface area (Å²) >= 11 is 0. The molecule has 2 unspecified atom stereocenters. The number of furan rings is 1. The van der Waals surface area contributed by atoms with Gasteiger partial charge in [-0.1, -0.05) is 11.6 Å². The van der Waals surface area contributed by atoms with Crippen LogP contribution in [0.1, 0.15) is 43.6 Å². The summed E-state index contributed by atoms with van der Waals surface area (Å²) < 4.78 is 12.0. The minimum atomic E-state index is -0.310. The van der Waals surface area contributed by atoms with Crippen molar-refractivity contribution in [2.45, 2.75) is 44.8 Å². The lowest BCUT2D eigenvalue weighted by Crippen LogP contribution is -2.48. The highest BCUT2D eigenvalue weighted by molar-refractivity contribution is 5.78. The normalized spacial score (nSPS) is 24.9. The lowest BCUT2D eigenvalue weighted by molar-refractivity contribution is -0.0934. The molecule has 20 heavy (non-hydrogen) atoms. The molecule has 0 radical (unpaired) electrons. The zero-order valence-electron chi connectivity index (χ0n) is 12.1. The zero-order valence-corrected chi connectivity index (χ0v) is 12.1. The van der Waals surface area contributed by atoms with Gasteiger partial charge in [0.1, 0.15) is 17.4 Å². The third-order valence-corrected chi connectivity index (χ3v) is 4.25. The minimum Gasteiger partial charge on any atom is -0.459 e. The van der Waals surface area contributed by atoms with E-state index in [1.807, 2.05) is 6.07 Å². The lowest BCUT2D eigenvalue weighted by atomic mass is 9.87. The van der Waals surface area contributed by atoms with Gasteiger partial charge < -0.3 is 9.15 Å². The van der Waals surface area contributed by atoms with Gasteiger partial charge >= 0.3 is 0 Å². The van der Waals surface area contributed by atoms with Crippen LogP contribution in [0.4, 0.5) is 0 Å². The molecule has 2 atom stereocenters. The summed E-state index contributed by atoms with van der Waals surface area (Å²) in [6.07, 6.45) is 3.26. The molecule has 4 nitrogen and oxygen atoms in total. The first-order chi connectivity index (χ1) is 9.62. The third-order valence-electron chi connectivity index (χ3n) is 4.25. The van der Waals surface area contributed by atoms with Gasteiger partial charge in [-0.25, -0.2) is 5.43 Å². The van der Waals surface area contributed by atoms with Crippen LogP contribution in [0.25, 0.3) is 11.0 Å². The van der Waals surface area contributed by atoms with Crippen molar-refractivity contribution in [2.24, 2.45) is 5.84 Å². The van der Waals surface area contributed by atoms with E-state index < -0.39 is 0 Å². The van der Waals surface area contributed by atoms with Crippen LogP contribution < -0.4 is 11.3 Å². The van der Waals surface area contributed by atoms with E-state index in [-0.39, 0.29) is 11.6 Å². The van der Waals surface area contributed by atoms with Crippen molar-refractivity contribution in [3.8, 4) is 0 Å².